The van der Waals surface area contributed by atoms with Crippen LogP contribution < -0.4 is 4.74 Å². The highest BCUT2D eigenvalue weighted by Crippen LogP contribution is 2.27. The van der Waals surface area contributed by atoms with Gasteiger partial charge in [-0.2, -0.15) is 0 Å². The van der Waals surface area contributed by atoms with E-state index in [0.717, 1.165) is 10.6 Å². The van der Waals surface area contributed by atoms with Crippen LogP contribution in [0.2, 0.25) is 0 Å². The highest BCUT2D eigenvalue weighted by Gasteiger charge is 2.36. The van der Waals surface area contributed by atoms with Crippen molar-refractivity contribution in [3.8, 4) is 16.3 Å². The highest BCUT2D eigenvalue weighted by molar-refractivity contribution is 7.13. The van der Waals surface area contributed by atoms with Crippen LogP contribution in [0.3, 0.4) is 0 Å². The summed E-state index contributed by atoms with van der Waals surface area (Å²) in [6.07, 6.45) is -0.0108. The van der Waals surface area contributed by atoms with Gasteiger partial charge in [0.05, 0.1) is 5.69 Å². The van der Waals surface area contributed by atoms with Crippen molar-refractivity contribution in [2.24, 2.45) is 5.41 Å². The zero-order chi connectivity index (χ0) is 20.9. The van der Waals surface area contributed by atoms with Crippen LogP contribution in [0.1, 0.15) is 24.6 Å². The first kappa shape index (κ1) is 20.7. The minimum atomic E-state index is -1.30. The maximum absolute atomic E-state index is 12.6. The second kappa shape index (κ2) is 9.01. The van der Waals surface area contributed by atoms with Crippen molar-refractivity contribution in [3.63, 3.8) is 0 Å². The molecular weight excluding hydrogens is 386 g/mol. The molecule has 0 aliphatic rings. The number of aliphatic carboxylic acids is 1. The van der Waals surface area contributed by atoms with Crippen molar-refractivity contribution in [3.05, 3.63) is 71.2 Å². The summed E-state index contributed by atoms with van der Waals surface area (Å²) in [7, 11) is 0. The van der Waals surface area contributed by atoms with Gasteiger partial charge in [0.1, 0.15) is 28.6 Å². The third-order valence-electron chi connectivity index (χ3n) is 4.63. The van der Waals surface area contributed by atoms with Crippen LogP contribution in [0.25, 0.3) is 10.6 Å². The third-order valence-corrected chi connectivity index (χ3v) is 5.57. The molecule has 1 N–H and O–H groups in total. The Hall–Kier alpha value is -2.99. The summed E-state index contributed by atoms with van der Waals surface area (Å²) in [5.41, 5.74) is 1.53. The molecule has 0 radical (unpaired) electrons. The van der Waals surface area contributed by atoms with E-state index in [1.54, 1.807) is 12.1 Å². The normalized spacial score (nSPS) is 12.9. The Labute approximate surface area is 174 Å². The first-order valence-electron chi connectivity index (χ1n) is 9.30. The Morgan fingerprint density at radius 2 is 1.79 bits per heavy atom. The molecule has 1 aromatic heterocycles. The molecule has 0 aliphatic heterocycles. The zero-order valence-corrected chi connectivity index (χ0v) is 17.2. The van der Waals surface area contributed by atoms with Crippen LogP contribution in [-0.4, -0.2) is 28.4 Å². The number of carbonyl (C=O) groups is 2. The van der Waals surface area contributed by atoms with Crippen molar-refractivity contribution >= 4 is 23.1 Å². The molecule has 0 saturated heterocycles. The SMILES string of the molecule is Cc1ccc(-c2nc(CC(=O)CC(C)(COc3ccccc3)C(=O)O)cs2)cc1. The van der Waals surface area contributed by atoms with E-state index in [1.807, 2.05) is 54.8 Å². The van der Waals surface area contributed by atoms with Crippen LogP contribution in [-0.2, 0) is 16.0 Å². The maximum Gasteiger partial charge on any atom is 0.313 e. The molecule has 0 aliphatic carbocycles. The Morgan fingerprint density at radius 3 is 2.45 bits per heavy atom. The topological polar surface area (TPSA) is 76.5 Å². The number of para-hydroxylation sites is 1. The van der Waals surface area contributed by atoms with Crippen LogP contribution in [0.15, 0.2) is 60.0 Å². The Balaban J connectivity index is 1.63. The minimum Gasteiger partial charge on any atom is -0.492 e. The Bertz CT molecular complexity index is 982. The van der Waals surface area contributed by atoms with Crippen LogP contribution in [0.5, 0.6) is 5.75 Å². The van der Waals surface area contributed by atoms with Crippen LogP contribution in [0.4, 0.5) is 0 Å². The standard InChI is InChI=1S/C23H23NO4S/c1-16-8-10-17(11-9-16)21-24-18(14-29-21)12-19(25)13-23(2,22(26)27)15-28-20-6-4-3-5-7-20/h3-11,14H,12-13,15H2,1-2H3,(H,26,27). The number of ether oxygens (including phenoxy) is 1. The van der Waals surface area contributed by atoms with Crippen molar-refractivity contribution in [2.75, 3.05) is 6.61 Å². The monoisotopic (exact) mass is 409 g/mol. The minimum absolute atomic E-state index is 0.0796. The van der Waals surface area contributed by atoms with Gasteiger partial charge < -0.3 is 9.84 Å². The first-order valence-corrected chi connectivity index (χ1v) is 10.2. The summed E-state index contributed by atoms with van der Waals surface area (Å²) >= 11 is 1.48. The second-order valence-electron chi connectivity index (χ2n) is 7.37. The Kier molecular flexibility index (Phi) is 6.44. The number of hydrogen-bond donors (Lipinski definition) is 1. The fourth-order valence-electron chi connectivity index (χ4n) is 2.86. The molecule has 150 valence electrons. The lowest BCUT2D eigenvalue weighted by Gasteiger charge is -2.24. The van der Waals surface area contributed by atoms with Gasteiger partial charge in [0, 0.05) is 23.8 Å². The van der Waals surface area contributed by atoms with Crippen LogP contribution in [0, 0.1) is 12.3 Å². The predicted octanol–water partition coefficient (Wildman–Crippen LogP) is 4.79. The lowest BCUT2D eigenvalue weighted by atomic mass is 9.85. The molecule has 1 heterocycles. The van der Waals surface area contributed by atoms with Crippen molar-refractivity contribution in [2.45, 2.75) is 26.7 Å². The number of aryl methyl sites for hydroxylation is 1. The van der Waals surface area contributed by atoms with E-state index in [1.165, 1.54) is 23.8 Å². The molecule has 6 heteroatoms. The summed E-state index contributed by atoms with van der Waals surface area (Å²) in [5, 5.41) is 12.4. The van der Waals surface area contributed by atoms with Crippen molar-refractivity contribution in [1.82, 2.24) is 4.98 Å². The van der Waals surface area contributed by atoms with Gasteiger partial charge >= 0.3 is 5.97 Å². The molecule has 5 nitrogen and oxygen atoms in total. The number of Topliss-reactive ketones (excluding diaryl/α,β-unsaturated/α-hetero) is 1. The molecule has 29 heavy (non-hydrogen) atoms. The lowest BCUT2D eigenvalue weighted by molar-refractivity contribution is -0.152. The first-order chi connectivity index (χ1) is 13.9. The van der Waals surface area contributed by atoms with E-state index >= 15 is 0 Å². The summed E-state index contributed by atoms with van der Waals surface area (Å²) in [5.74, 6) is -0.651. The van der Waals surface area contributed by atoms with Gasteiger partial charge in [0.15, 0.2) is 0 Å². The molecule has 0 bridgehead atoms. The van der Waals surface area contributed by atoms with Crippen LogP contribution >= 0.6 is 11.3 Å². The van der Waals surface area contributed by atoms with Gasteiger partial charge in [-0.05, 0) is 26.0 Å². The molecule has 0 spiro atoms. The fourth-order valence-corrected chi connectivity index (χ4v) is 3.69. The number of aromatic nitrogens is 1. The average molecular weight is 410 g/mol. The summed E-state index contributed by atoms with van der Waals surface area (Å²) < 4.78 is 5.61. The van der Waals surface area contributed by atoms with Gasteiger partial charge in [-0.1, -0.05) is 48.0 Å². The zero-order valence-electron chi connectivity index (χ0n) is 16.4. The molecule has 0 fully saturated rings. The largest absolute Gasteiger partial charge is 0.492 e. The van der Waals surface area contributed by atoms with E-state index < -0.39 is 11.4 Å². The predicted molar refractivity (Wildman–Crippen MR) is 113 cm³/mol. The molecule has 3 rings (SSSR count). The van der Waals surface area contributed by atoms with Crippen molar-refractivity contribution in [1.29, 1.82) is 0 Å². The molecule has 3 aromatic rings. The van der Waals surface area contributed by atoms with Crippen molar-refractivity contribution < 1.29 is 19.4 Å². The summed E-state index contributed by atoms with van der Waals surface area (Å²) in [6, 6.07) is 17.0. The molecule has 2 aromatic carbocycles. The van der Waals surface area contributed by atoms with E-state index in [4.69, 9.17) is 4.74 Å². The van der Waals surface area contributed by atoms with Gasteiger partial charge in [0.25, 0.3) is 0 Å². The van der Waals surface area contributed by atoms with Gasteiger partial charge in [0.2, 0.25) is 0 Å². The number of nitrogens with zero attached hydrogens (tertiary/aromatic N) is 1. The molecular formula is C23H23NO4S. The quantitative estimate of drug-likeness (QED) is 0.550. The molecule has 0 amide bonds. The second-order valence-corrected chi connectivity index (χ2v) is 8.23. The van der Waals surface area contributed by atoms with E-state index in [-0.39, 0.29) is 25.2 Å². The molecule has 1 unspecified atom stereocenters. The van der Waals surface area contributed by atoms with Gasteiger partial charge in [-0.25, -0.2) is 4.98 Å². The number of rotatable bonds is 9. The smallest absolute Gasteiger partial charge is 0.313 e. The number of hydrogen-bond acceptors (Lipinski definition) is 5. The number of carboxylic acids is 1. The number of thiazole rings is 1. The maximum atomic E-state index is 12.6. The van der Waals surface area contributed by atoms with E-state index in [0.29, 0.717) is 11.4 Å². The Morgan fingerprint density at radius 1 is 1.10 bits per heavy atom. The average Bonchev–Trinajstić information content (AvgIpc) is 3.16. The number of carbonyl (C=O) groups excluding carboxylic acids is 1. The number of carboxylic acid groups (broad SMARTS) is 1. The fraction of sp³-hybridized carbons (Fsp3) is 0.261. The highest BCUT2D eigenvalue weighted by atomic mass is 32.1. The number of ketones is 1. The lowest BCUT2D eigenvalue weighted by Crippen LogP contribution is -2.36. The van der Waals surface area contributed by atoms with E-state index in [9.17, 15) is 14.7 Å². The summed E-state index contributed by atoms with van der Waals surface area (Å²) in [4.78, 5) is 28.9. The summed E-state index contributed by atoms with van der Waals surface area (Å²) in [6.45, 7) is 3.48. The number of benzene rings is 2. The van der Waals surface area contributed by atoms with Gasteiger partial charge in [-0.15, -0.1) is 11.3 Å². The van der Waals surface area contributed by atoms with Gasteiger partial charge in [-0.3, -0.25) is 9.59 Å². The third kappa shape index (κ3) is 5.51. The van der Waals surface area contributed by atoms with E-state index in [2.05, 4.69) is 4.98 Å². The molecule has 1 atom stereocenters. The molecule has 0 saturated carbocycles.